The van der Waals surface area contributed by atoms with Gasteiger partial charge < -0.3 is 0 Å². The molecule has 5 heteroatoms. The average Bonchev–Trinajstić information content (AvgIpc) is 2.37. The lowest BCUT2D eigenvalue weighted by Crippen LogP contribution is -2.05. The first-order valence-corrected chi connectivity index (χ1v) is 6.82. The van der Waals surface area contributed by atoms with Crippen LogP contribution in [0.2, 0.25) is 0 Å². The van der Waals surface area contributed by atoms with E-state index < -0.39 is 11.7 Å². The summed E-state index contributed by atoms with van der Waals surface area (Å²) in [5, 5.41) is 0. The van der Waals surface area contributed by atoms with Crippen molar-refractivity contribution in [2.75, 3.05) is 6.26 Å². The van der Waals surface area contributed by atoms with Gasteiger partial charge in [0.1, 0.15) is 0 Å². The van der Waals surface area contributed by atoms with Crippen LogP contribution in [-0.4, -0.2) is 11.2 Å². The van der Waals surface area contributed by atoms with Gasteiger partial charge in [0.25, 0.3) is 0 Å². The number of rotatable bonds is 2. The summed E-state index contributed by atoms with van der Waals surface area (Å²) in [5.41, 5.74) is 0.976. The fourth-order valence-electron chi connectivity index (χ4n) is 1.79. The van der Waals surface area contributed by atoms with Crippen LogP contribution in [0.4, 0.5) is 13.2 Å². The van der Waals surface area contributed by atoms with Gasteiger partial charge >= 0.3 is 6.18 Å². The van der Waals surface area contributed by atoms with E-state index in [4.69, 9.17) is 0 Å². The van der Waals surface area contributed by atoms with Gasteiger partial charge in [-0.3, -0.25) is 4.98 Å². The van der Waals surface area contributed by atoms with E-state index >= 15 is 0 Å². The van der Waals surface area contributed by atoms with Crippen molar-refractivity contribution >= 4 is 11.8 Å². The summed E-state index contributed by atoms with van der Waals surface area (Å²) in [7, 11) is 0. The van der Waals surface area contributed by atoms with Gasteiger partial charge in [-0.15, -0.1) is 11.8 Å². The van der Waals surface area contributed by atoms with Crippen LogP contribution >= 0.6 is 11.8 Å². The van der Waals surface area contributed by atoms with Crippen LogP contribution in [0, 0.1) is 6.92 Å². The van der Waals surface area contributed by atoms with Crippen molar-refractivity contribution in [2.24, 2.45) is 0 Å². The van der Waals surface area contributed by atoms with Gasteiger partial charge in [-0.2, -0.15) is 13.2 Å². The molecule has 0 bridgehead atoms. The van der Waals surface area contributed by atoms with Gasteiger partial charge in [-0.25, -0.2) is 0 Å². The number of hydrogen-bond acceptors (Lipinski definition) is 2. The number of thioether (sulfide) groups is 1. The molecule has 2 rings (SSSR count). The normalized spacial score (nSPS) is 11.6. The Labute approximate surface area is 113 Å². The first-order valence-electron chi connectivity index (χ1n) is 5.59. The molecule has 1 heterocycles. The quantitative estimate of drug-likeness (QED) is 0.734. The molecule has 0 saturated heterocycles. The van der Waals surface area contributed by atoms with Gasteiger partial charge in [-0.1, -0.05) is 0 Å². The SMILES string of the molecule is CSc1ccnc(-c2cc(C)cc(C(F)(F)F)c2)c1. The lowest BCUT2D eigenvalue weighted by molar-refractivity contribution is -0.137. The van der Waals surface area contributed by atoms with Crippen molar-refractivity contribution in [3.8, 4) is 11.3 Å². The molecule has 0 aliphatic heterocycles. The molecule has 0 fully saturated rings. The lowest BCUT2D eigenvalue weighted by Gasteiger charge is -2.10. The molecule has 100 valence electrons. The second kappa shape index (κ2) is 5.25. The first kappa shape index (κ1) is 13.9. The topological polar surface area (TPSA) is 12.9 Å². The predicted octanol–water partition coefficient (Wildman–Crippen LogP) is 4.80. The summed E-state index contributed by atoms with van der Waals surface area (Å²) in [5.74, 6) is 0. The Bertz CT molecular complexity index is 593. The second-order valence-electron chi connectivity index (χ2n) is 4.17. The molecule has 0 amide bonds. The van der Waals surface area contributed by atoms with Gasteiger partial charge in [-0.05, 0) is 49.1 Å². The molecule has 0 spiro atoms. The summed E-state index contributed by atoms with van der Waals surface area (Å²) in [6, 6.07) is 7.61. The van der Waals surface area contributed by atoms with Crippen molar-refractivity contribution in [3.05, 3.63) is 47.7 Å². The zero-order valence-corrected chi connectivity index (χ0v) is 11.3. The average molecular weight is 283 g/mol. The summed E-state index contributed by atoms with van der Waals surface area (Å²) >= 11 is 1.53. The molecule has 19 heavy (non-hydrogen) atoms. The van der Waals surface area contributed by atoms with Crippen molar-refractivity contribution in [1.82, 2.24) is 4.98 Å². The minimum atomic E-state index is -4.34. The van der Waals surface area contributed by atoms with E-state index in [1.807, 2.05) is 12.3 Å². The van der Waals surface area contributed by atoms with Crippen molar-refractivity contribution in [2.45, 2.75) is 18.0 Å². The van der Waals surface area contributed by atoms with E-state index in [1.165, 1.54) is 11.8 Å². The van der Waals surface area contributed by atoms with Gasteiger partial charge in [0.15, 0.2) is 0 Å². The van der Waals surface area contributed by atoms with Gasteiger partial charge in [0, 0.05) is 16.7 Å². The zero-order chi connectivity index (χ0) is 14.0. The first-order chi connectivity index (χ1) is 8.90. The van der Waals surface area contributed by atoms with Crippen molar-refractivity contribution in [3.63, 3.8) is 0 Å². The largest absolute Gasteiger partial charge is 0.416 e. The van der Waals surface area contributed by atoms with Crippen LogP contribution in [0.1, 0.15) is 11.1 Å². The highest BCUT2D eigenvalue weighted by molar-refractivity contribution is 7.98. The maximum absolute atomic E-state index is 12.8. The smallest absolute Gasteiger partial charge is 0.256 e. The highest BCUT2D eigenvalue weighted by Gasteiger charge is 2.31. The molecular weight excluding hydrogens is 271 g/mol. The van der Waals surface area contributed by atoms with Gasteiger partial charge in [0.05, 0.1) is 11.3 Å². The molecule has 0 aliphatic rings. The van der Waals surface area contributed by atoms with E-state index in [9.17, 15) is 13.2 Å². The fourth-order valence-corrected chi connectivity index (χ4v) is 2.22. The fraction of sp³-hybridized carbons (Fsp3) is 0.214. The van der Waals surface area contributed by atoms with E-state index in [-0.39, 0.29) is 0 Å². The molecule has 1 aromatic heterocycles. The number of hydrogen-bond donors (Lipinski definition) is 0. The second-order valence-corrected chi connectivity index (χ2v) is 5.05. The third-order valence-electron chi connectivity index (χ3n) is 2.67. The Morgan fingerprint density at radius 1 is 1.11 bits per heavy atom. The summed E-state index contributed by atoms with van der Waals surface area (Å²) in [4.78, 5) is 5.11. The molecule has 2 aromatic rings. The Kier molecular flexibility index (Phi) is 3.85. The van der Waals surface area contributed by atoms with E-state index in [1.54, 1.807) is 25.3 Å². The summed E-state index contributed by atoms with van der Waals surface area (Å²) in [6.07, 6.45) is -0.814. The number of alkyl halides is 3. The lowest BCUT2D eigenvalue weighted by atomic mass is 10.0. The van der Waals surface area contributed by atoms with Crippen LogP contribution in [0.5, 0.6) is 0 Å². The van der Waals surface area contributed by atoms with E-state index in [2.05, 4.69) is 4.98 Å². The maximum atomic E-state index is 12.8. The molecule has 0 atom stereocenters. The van der Waals surface area contributed by atoms with Crippen molar-refractivity contribution < 1.29 is 13.2 Å². The molecule has 0 unspecified atom stereocenters. The minimum absolute atomic E-state index is 0.489. The van der Waals surface area contributed by atoms with Crippen molar-refractivity contribution in [1.29, 1.82) is 0 Å². The molecular formula is C14H12F3NS. The number of benzene rings is 1. The number of aryl methyl sites for hydroxylation is 1. The number of halogens is 3. The summed E-state index contributed by atoms with van der Waals surface area (Å²) in [6.45, 7) is 1.65. The maximum Gasteiger partial charge on any atom is 0.416 e. The standard InChI is InChI=1S/C14H12F3NS/c1-9-5-10(7-11(6-9)14(15,16)17)13-8-12(19-2)3-4-18-13/h3-8H,1-2H3. The number of nitrogens with zero attached hydrogens (tertiary/aromatic N) is 1. The van der Waals surface area contributed by atoms with E-state index in [0.717, 1.165) is 17.0 Å². The summed E-state index contributed by atoms with van der Waals surface area (Å²) < 4.78 is 38.4. The molecule has 0 radical (unpaired) electrons. The molecule has 1 aromatic carbocycles. The highest BCUT2D eigenvalue weighted by Crippen LogP contribution is 2.33. The Balaban J connectivity index is 2.53. The Morgan fingerprint density at radius 2 is 1.84 bits per heavy atom. The van der Waals surface area contributed by atoms with Gasteiger partial charge in [0.2, 0.25) is 0 Å². The third kappa shape index (κ3) is 3.29. The third-order valence-corrected chi connectivity index (χ3v) is 3.39. The monoisotopic (exact) mass is 283 g/mol. The van der Waals surface area contributed by atoms with Crippen LogP contribution < -0.4 is 0 Å². The van der Waals surface area contributed by atoms with Crippen LogP contribution in [0.15, 0.2) is 41.4 Å². The molecule has 0 N–H and O–H groups in total. The van der Waals surface area contributed by atoms with Crippen LogP contribution in [0.25, 0.3) is 11.3 Å². The van der Waals surface area contributed by atoms with Crippen LogP contribution in [-0.2, 0) is 6.18 Å². The molecule has 0 aliphatic carbocycles. The Morgan fingerprint density at radius 3 is 2.47 bits per heavy atom. The van der Waals surface area contributed by atoms with E-state index in [0.29, 0.717) is 16.8 Å². The number of aromatic nitrogens is 1. The van der Waals surface area contributed by atoms with Crippen LogP contribution in [0.3, 0.4) is 0 Å². The number of pyridine rings is 1. The predicted molar refractivity (Wildman–Crippen MR) is 71.2 cm³/mol. The molecule has 0 saturated carbocycles. The molecule has 1 nitrogen and oxygen atoms in total. The zero-order valence-electron chi connectivity index (χ0n) is 10.5. The Hall–Kier alpha value is -1.49. The minimum Gasteiger partial charge on any atom is -0.256 e. The highest BCUT2D eigenvalue weighted by atomic mass is 32.2.